The Labute approximate surface area is 85.7 Å². The summed E-state index contributed by atoms with van der Waals surface area (Å²) in [4.78, 5) is 6.72. The summed E-state index contributed by atoms with van der Waals surface area (Å²) in [6.45, 7) is 11.2. The summed E-state index contributed by atoms with van der Waals surface area (Å²) in [7, 11) is 0. The maximum absolute atomic E-state index is 4.19. The summed E-state index contributed by atoms with van der Waals surface area (Å²) in [6.07, 6.45) is 3.91. The van der Waals surface area contributed by atoms with Crippen molar-refractivity contribution in [2.24, 2.45) is 0 Å². The second-order valence-corrected chi connectivity index (χ2v) is 5.19. The summed E-state index contributed by atoms with van der Waals surface area (Å²) >= 11 is 0. The highest BCUT2D eigenvalue weighted by Gasteiger charge is 2.30. The molecule has 0 aromatic carbocycles. The third-order valence-electron chi connectivity index (χ3n) is 2.99. The molecule has 1 atom stereocenters. The van der Waals surface area contributed by atoms with Gasteiger partial charge in [0.25, 0.3) is 0 Å². The predicted octanol–water partition coefficient (Wildman–Crippen LogP) is 1.89. The fourth-order valence-electron chi connectivity index (χ4n) is 2.26. The van der Waals surface area contributed by atoms with Gasteiger partial charge in [0, 0.05) is 30.9 Å². The van der Waals surface area contributed by atoms with E-state index in [1.54, 1.807) is 0 Å². The van der Waals surface area contributed by atoms with Crippen LogP contribution in [0.4, 0.5) is 0 Å². The van der Waals surface area contributed by atoms with Crippen molar-refractivity contribution >= 4 is 0 Å². The van der Waals surface area contributed by atoms with E-state index in [0.29, 0.717) is 6.04 Å². The van der Waals surface area contributed by atoms with E-state index in [4.69, 9.17) is 0 Å². The lowest BCUT2D eigenvalue weighted by Crippen LogP contribution is -2.50. The van der Waals surface area contributed by atoms with E-state index in [1.165, 1.54) is 5.69 Å². The van der Waals surface area contributed by atoms with Gasteiger partial charge >= 0.3 is 0 Å². The predicted molar refractivity (Wildman–Crippen MR) is 57.0 cm³/mol. The summed E-state index contributed by atoms with van der Waals surface area (Å²) in [5.74, 6) is 0. The van der Waals surface area contributed by atoms with Crippen LogP contribution in [-0.2, 0) is 13.1 Å². The van der Waals surface area contributed by atoms with Crippen molar-refractivity contribution in [1.29, 1.82) is 0 Å². The number of aromatic nitrogens is 2. The van der Waals surface area contributed by atoms with Gasteiger partial charge in [-0.05, 0) is 27.7 Å². The van der Waals surface area contributed by atoms with Crippen molar-refractivity contribution in [1.82, 2.24) is 14.5 Å². The average Bonchev–Trinajstić information content (AvgIpc) is 2.47. The van der Waals surface area contributed by atoms with Crippen molar-refractivity contribution in [2.75, 3.05) is 0 Å². The molecule has 78 valence electrons. The molecule has 14 heavy (non-hydrogen) atoms. The first-order valence-corrected chi connectivity index (χ1v) is 5.24. The Morgan fingerprint density at radius 1 is 1.43 bits per heavy atom. The van der Waals surface area contributed by atoms with E-state index < -0.39 is 0 Å². The summed E-state index contributed by atoms with van der Waals surface area (Å²) in [5, 5.41) is 0. The molecular formula is C11H19N3. The Hall–Kier alpha value is -0.830. The number of hydrogen-bond acceptors (Lipinski definition) is 2. The lowest BCUT2D eigenvalue weighted by molar-refractivity contribution is 0.0526. The van der Waals surface area contributed by atoms with Gasteiger partial charge < -0.3 is 4.57 Å². The van der Waals surface area contributed by atoms with Crippen molar-refractivity contribution in [3.05, 3.63) is 18.2 Å². The molecule has 0 unspecified atom stereocenters. The second-order valence-electron chi connectivity index (χ2n) is 5.19. The number of hydrogen-bond donors (Lipinski definition) is 0. The van der Waals surface area contributed by atoms with Gasteiger partial charge in [-0.15, -0.1) is 0 Å². The zero-order chi connectivity index (χ0) is 10.3. The third-order valence-corrected chi connectivity index (χ3v) is 2.99. The van der Waals surface area contributed by atoms with Crippen LogP contribution in [-0.4, -0.2) is 26.0 Å². The minimum absolute atomic E-state index is 0.245. The van der Waals surface area contributed by atoms with Gasteiger partial charge in [-0.25, -0.2) is 4.98 Å². The second kappa shape index (κ2) is 3.09. The molecule has 3 nitrogen and oxygen atoms in total. The molecular weight excluding hydrogens is 174 g/mol. The highest BCUT2D eigenvalue weighted by molar-refractivity contribution is 5.04. The first-order valence-electron chi connectivity index (χ1n) is 5.24. The molecule has 0 N–H and O–H groups in total. The Bertz CT molecular complexity index is 322. The van der Waals surface area contributed by atoms with Crippen LogP contribution in [0.1, 0.15) is 33.4 Å². The van der Waals surface area contributed by atoms with Crippen LogP contribution >= 0.6 is 0 Å². The molecule has 0 radical (unpaired) electrons. The largest absolute Gasteiger partial charge is 0.332 e. The molecule has 0 fully saturated rings. The molecule has 2 rings (SSSR count). The zero-order valence-corrected chi connectivity index (χ0v) is 9.49. The van der Waals surface area contributed by atoms with Crippen LogP contribution < -0.4 is 0 Å². The highest BCUT2D eigenvalue weighted by Crippen LogP contribution is 2.25. The quantitative estimate of drug-likeness (QED) is 0.627. The molecule has 0 saturated carbocycles. The fraction of sp³-hybridized carbons (Fsp3) is 0.727. The molecule has 0 saturated heterocycles. The van der Waals surface area contributed by atoms with Crippen molar-refractivity contribution in [3.8, 4) is 0 Å². The van der Waals surface area contributed by atoms with Gasteiger partial charge in [0.2, 0.25) is 0 Å². The topological polar surface area (TPSA) is 21.1 Å². The molecule has 1 aliphatic rings. The maximum Gasteiger partial charge on any atom is 0.0949 e. The molecule has 1 aromatic rings. The molecule has 0 amide bonds. The van der Waals surface area contributed by atoms with E-state index in [2.05, 4.69) is 42.1 Å². The molecule has 2 heterocycles. The third kappa shape index (κ3) is 1.57. The van der Waals surface area contributed by atoms with E-state index in [-0.39, 0.29) is 5.54 Å². The van der Waals surface area contributed by atoms with Crippen LogP contribution in [0.2, 0.25) is 0 Å². The molecule has 0 bridgehead atoms. The van der Waals surface area contributed by atoms with Gasteiger partial charge in [-0.3, -0.25) is 4.90 Å². The molecule has 0 aliphatic carbocycles. The van der Waals surface area contributed by atoms with E-state index in [1.807, 2.05) is 12.5 Å². The summed E-state index contributed by atoms with van der Waals surface area (Å²) in [5.41, 5.74) is 1.58. The monoisotopic (exact) mass is 193 g/mol. The lowest BCUT2D eigenvalue weighted by Gasteiger charge is -2.43. The Morgan fingerprint density at radius 2 is 2.14 bits per heavy atom. The molecule has 1 aliphatic heterocycles. The van der Waals surface area contributed by atoms with Crippen LogP contribution in [0.5, 0.6) is 0 Å². The first kappa shape index (κ1) is 9.71. The Morgan fingerprint density at radius 3 is 2.79 bits per heavy atom. The number of imidazole rings is 1. The minimum atomic E-state index is 0.245. The maximum atomic E-state index is 4.19. The smallest absolute Gasteiger partial charge is 0.0949 e. The van der Waals surface area contributed by atoms with Gasteiger partial charge in [0.05, 0.1) is 12.0 Å². The standard InChI is InChI=1S/C11H19N3/c1-9-6-13-8-12-5-10(13)7-14(9)11(2,3)4/h5,8-9H,6-7H2,1-4H3/t9-/m0/s1. The van der Waals surface area contributed by atoms with Gasteiger partial charge in [-0.1, -0.05) is 0 Å². The van der Waals surface area contributed by atoms with E-state index in [0.717, 1.165) is 13.1 Å². The van der Waals surface area contributed by atoms with E-state index >= 15 is 0 Å². The highest BCUT2D eigenvalue weighted by atomic mass is 15.3. The minimum Gasteiger partial charge on any atom is -0.332 e. The van der Waals surface area contributed by atoms with Gasteiger partial charge in [0.1, 0.15) is 0 Å². The van der Waals surface area contributed by atoms with Crippen LogP contribution in [0.3, 0.4) is 0 Å². The normalized spacial score (nSPS) is 23.6. The number of rotatable bonds is 0. The number of fused-ring (bicyclic) bond motifs is 1. The van der Waals surface area contributed by atoms with Gasteiger partial charge in [0.15, 0.2) is 0 Å². The zero-order valence-electron chi connectivity index (χ0n) is 9.49. The molecule has 3 heteroatoms. The summed E-state index contributed by atoms with van der Waals surface area (Å²) in [6, 6.07) is 0.594. The van der Waals surface area contributed by atoms with Crippen LogP contribution in [0, 0.1) is 0 Å². The van der Waals surface area contributed by atoms with Crippen molar-refractivity contribution < 1.29 is 0 Å². The van der Waals surface area contributed by atoms with Crippen molar-refractivity contribution in [2.45, 2.75) is 52.4 Å². The Balaban J connectivity index is 2.26. The lowest BCUT2D eigenvalue weighted by atomic mass is 10.0. The van der Waals surface area contributed by atoms with E-state index in [9.17, 15) is 0 Å². The first-order chi connectivity index (χ1) is 6.48. The van der Waals surface area contributed by atoms with Crippen LogP contribution in [0.25, 0.3) is 0 Å². The van der Waals surface area contributed by atoms with Gasteiger partial charge in [-0.2, -0.15) is 0 Å². The SMILES string of the molecule is C[C@H]1Cn2cncc2CN1C(C)(C)C. The average molecular weight is 193 g/mol. The Kier molecular flexibility index (Phi) is 2.14. The summed E-state index contributed by atoms with van der Waals surface area (Å²) < 4.78 is 2.26. The molecule has 0 spiro atoms. The number of nitrogens with zero attached hydrogens (tertiary/aromatic N) is 3. The fourth-order valence-corrected chi connectivity index (χ4v) is 2.26. The molecule has 1 aromatic heterocycles. The van der Waals surface area contributed by atoms with Crippen LogP contribution in [0.15, 0.2) is 12.5 Å². The van der Waals surface area contributed by atoms with Crippen molar-refractivity contribution in [3.63, 3.8) is 0 Å².